The normalized spacial score (nSPS) is 27.3. The Balaban J connectivity index is 2.09. The van der Waals surface area contributed by atoms with Crippen LogP contribution in [0.1, 0.15) is 32.1 Å². The molecule has 2 atom stereocenters. The number of nitrogens with zero attached hydrogens (tertiary/aromatic N) is 2. The van der Waals surface area contributed by atoms with Gasteiger partial charge in [0.1, 0.15) is 5.54 Å². The number of hydrogen-bond acceptors (Lipinski definition) is 6. The third-order valence-corrected chi connectivity index (χ3v) is 6.65. The Morgan fingerprint density at radius 2 is 2.29 bits per heavy atom. The molecule has 0 spiro atoms. The van der Waals surface area contributed by atoms with Crippen LogP contribution in [0.4, 0.5) is 10.5 Å². The van der Waals surface area contributed by atoms with Gasteiger partial charge in [0.2, 0.25) is 0 Å². The summed E-state index contributed by atoms with van der Waals surface area (Å²) >= 11 is 3.10. The number of nitrogens with two attached hydrogens (primary N) is 1. The minimum Gasteiger partial charge on any atom is -0.465 e. The van der Waals surface area contributed by atoms with Gasteiger partial charge in [-0.3, -0.25) is 4.90 Å². The van der Waals surface area contributed by atoms with Crippen molar-refractivity contribution in [3.05, 3.63) is 16.3 Å². The molecule has 0 saturated carbocycles. The van der Waals surface area contributed by atoms with E-state index in [0.717, 1.165) is 22.7 Å². The van der Waals surface area contributed by atoms with Gasteiger partial charge >= 0.3 is 6.09 Å². The van der Waals surface area contributed by atoms with E-state index in [2.05, 4.69) is 0 Å². The van der Waals surface area contributed by atoms with E-state index in [4.69, 9.17) is 15.5 Å². The zero-order chi connectivity index (χ0) is 17.5. The van der Waals surface area contributed by atoms with E-state index < -0.39 is 17.2 Å². The fraction of sp³-hybridized carbons (Fsp3) is 0.625. The molecule has 0 bridgehead atoms. The minimum atomic E-state index is -0.972. The van der Waals surface area contributed by atoms with Crippen LogP contribution >= 0.6 is 23.1 Å². The molecule has 1 amide bonds. The van der Waals surface area contributed by atoms with Gasteiger partial charge in [-0.25, -0.2) is 9.79 Å². The van der Waals surface area contributed by atoms with Crippen molar-refractivity contribution in [2.45, 2.75) is 38.3 Å². The summed E-state index contributed by atoms with van der Waals surface area (Å²) in [5.41, 5.74) is 5.69. The lowest BCUT2D eigenvalue weighted by atomic mass is 9.80. The molecule has 0 aliphatic carbocycles. The molecule has 1 fully saturated rings. The van der Waals surface area contributed by atoms with E-state index in [9.17, 15) is 9.90 Å². The van der Waals surface area contributed by atoms with Crippen LogP contribution in [-0.4, -0.2) is 45.8 Å². The van der Waals surface area contributed by atoms with Crippen LogP contribution in [0.25, 0.3) is 0 Å². The zero-order valence-electron chi connectivity index (χ0n) is 14.1. The van der Waals surface area contributed by atoms with Gasteiger partial charge in [-0.1, -0.05) is 11.8 Å². The molecule has 132 valence electrons. The average molecular weight is 370 g/mol. The summed E-state index contributed by atoms with van der Waals surface area (Å²) in [4.78, 5) is 19.3. The number of nitrogen functional groups attached to an aromatic ring is 1. The van der Waals surface area contributed by atoms with Gasteiger partial charge in [-0.05, 0) is 26.8 Å². The van der Waals surface area contributed by atoms with Gasteiger partial charge in [0, 0.05) is 46.2 Å². The minimum absolute atomic E-state index is 0.230. The molecule has 3 N–H and O–H groups in total. The molecule has 0 aromatic carbocycles. The van der Waals surface area contributed by atoms with Gasteiger partial charge in [-0.15, -0.1) is 11.3 Å². The number of ether oxygens (including phenoxy) is 1. The molecule has 0 radical (unpaired) electrons. The molecule has 2 aliphatic heterocycles. The van der Waals surface area contributed by atoms with Crippen molar-refractivity contribution in [2.24, 2.45) is 10.9 Å². The van der Waals surface area contributed by atoms with Crippen molar-refractivity contribution in [3.63, 3.8) is 0 Å². The number of carbonyl (C=O) groups is 1. The van der Waals surface area contributed by atoms with Crippen LogP contribution in [0, 0.1) is 5.92 Å². The number of amidine groups is 1. The van der Waals surface area contributed by atoms with Crippen molar-refractivity contribution in [3.8, 4) is 0 Å². The molecule has 1 aromatic rings. The number of thiophene rings is 1. The maximum absolute atomic E-state index is 11.8. The van der Waals surface area contributed by atoms with E-state index in [1.54, 1.807) is 11.3 Å². The number of thioether (sulfide) groups is 1. The second-order valence-corrected chi connectivity index (χ2v) is 9.08. The van der Waals surface area contributed by atoms with Crippen molar-refractivity contribution in [1.29, 1.82) is 0 Å². The number of aliphatic imine (C=N–C) groups is 1. The molecular weight excluding hydrogens is 346 g/mol. The first kappa shape index (κ1) is 17.6. The standard InChI is InChI=1S/C16H23N3O3S2/c1-15(2,3)19(14(20)21)13-18-16(12-6-11(17)9-23-12)4-5-22-7-10(16)8-24-13/h6,9-10H,4-5,7-8,17H2,1-3H3,(H,20,21)/t10-,16+/m0/s1. The Morgan fingerprint density at radius 3 is 2.88 bits per heavy atom. The van der Waals surface area contributed by atoms with E-state index in [1.165, 1.54) is 16.7 Å². The lowest BCUT2D eigenvalue weighted by Gasteiger charge is -2.45. The van der Waals surface area contributed by atoms with Gasteiger partial charge in [0.15, 0.2) is 5.17 Å². The number of fused-ring (bicyclic) bond motifs is 1. The first-order valence-corrected chi connectivity index (χ1v) is 9.78. The Kier molecular flexibility index (Phi) is 4.57. The summed E-state index contributed by atoms with van der Waals surface area (Å²) < 4.78 is 5.66. The van der Waals surface area contributed by atoms with Crippen molar-refractivity contribution < 1.29 is 14.6 Å². The molecule has 2 aliphatic rings. The predicted octanol–water partition coefficient (Wildman–Crippen LogP) is 3.44. The molecule has 6 nitrogen and oxygen atoms in total. The van der Waals surface area contributed by atoms with Gasteiger partial charge in [0.25, 0.3) is 0 Å². The summed E-state index contributed by atoms with van der Waals surface area (Å²) in [7, 11) is 0. The molecule has 3 heterocycles. The monoisotopic (exact) mass is 369 g/mol. The molecule has 1 saturated heterocycles. The Morgan fingerprint density at radius 1 is 1.54 bits per heavy atom. The quantitative estimate of drug-likeness (QED) is 0.791. The van der Waals surface area contributed by atoms with Crippen LogP contribution in [0.2, 0.25) is 0 Å². The van der Waals surface area contributed by atoms with Crippen LogP contribution in [0.3, 0.4) is 0 Å². The van der Waals surface area contributed by atoms with Crippen LogP contribution in [0.15, 0.2) is 16.4 Å². The second kappa shape index (κ2) is 6.24. The van der Waals surface area contributed by atoms with Gasteiger partial charge in [-0.2, -0.15) is 0 Å². The first-order valence-electron chi connectivity index (χ1n) is 7.92. The lowest BCUT2D eigenvalue weighted by molar-refractivity contribution is 0.0107. The third kappa shape index (κ3) is 3.02. The summed E-state index contributed by atoms with van der Waals surface area (Å²) in [6.45, 7) is 6.92. The molecule has 24 heavy (non-hydrogen) atoms. The molecular formula is C16H23N3O3S2. The van der Waals surface area contributed by atoms with E-state index in [1.807, 2.05) is 32.2 Å². The number of amides is 1. The van der Waals surface area contributed by atoms with E-state index >= 15 is 0 Å². The molecule has 1 aromatic heterocycles. The Hall–Kier alpha value is -1.25. The number of carboxylic acid groups (broad SMARTS) is 1. The first-order chi connectivity index (χ1) is 11.2. The van der Waals surface area contributed by atoms with Gasteiger partial charge in [0.05, 0.1) is 6.61 Å². The average Bonchev–Trinajstić information content (AvgIpc) is 2.92. The smallest absolute Gasteiger partial charge is 0.413 e. The second-order valence-electron chi connectivity index (χ2n) is 7.18. The summed E-state index contributed by atoms with van der Waals surface area (Å²) in [5.74, 6) is 1.02. The maximum Gasteiger partial charge on any atom is 0.413 e. The predicted molar refractivity (Wildman–Crippen MR) is 98.8 cm³/mol. The summed E-state index contributed by atoms with van der Waals surface area (Å²) in [6.07, 6.45) is -0.223. The topological polar surface area (TPSA) is 88.2 Å². The highest BCUT2D eigenvalue weighted by molar-refractivity contribution is 8.13. The number of anilines is 1. The fourth-order valence-electron chi connectivity index (χ4n) is 3.23. The van der Waals surface area contributed by atoms with Crippen molar-refractivity contribution in [1.82, 2.24) is 4.90 Å². The van der Waals surface area contributed by atoms with E-state index in [0.29, 0.717) is 18.4 Å². The molecule has 8 heteroatoms. The largest absolute Gasteiger partial charge is 0.465 e. The maximum atomic E-state index is 11.8. The number of rotatable bonds is 1. The highest BCUT2D eigenvalue weighted by atomic mass is 32.2. The summed E-state index contributed by atoms with van der Waals surface area (Å²) in [6, 6.07) is 1.97. The highest BCUT2D eigenvalue weighted by Gasteiger charge is 2.48. The third-order valence-electron chi connectivity index (χ3n) is 4.43. The number of hydrogen-bond donors (Lipinski definition) is 2. The Bertz CT molecular complexity index is 668. The van der Waals surface area contributed by atoms with Crippen LogP contribution in [-0.2, 0) is 10.3 Å². The Labute approximate surface area is 150 Å². The molecule has 0 unspecified atom stereocenters. The molecule has 3 rings (SSSR count). The fourth-order valence-corrected chi connectivity index (χ4v) is 5.72. The van der Waals surface area contributed by atoms with Crippen LogP contribution < -0.4 is 5.73 Å². The highest BCUT2D eigenvalue weighted by Crippen LogP contribution is 2.48. The van der Waals surface area contributed by atoms with E-state index in [-0.39, 0.29) is 5.92 Å². The zero-order valence-corrected chi connectivity index (χ0v) is 15.7. The van der Waals surface area contributed by atoms with Crippen molar-refractivity contribution in [2.75, 3.05) is 24.7 Å². The van der Waals surface area contributed by atoms with Crippen LogP contribution in [0.5, 0.6) is 0 Å². The van der Waals surface area contributed by atoms with Gasteiger partial charge < -0.3 is 15.6 Å². The summed E-state index contributed by atoms with van der Waals surface area (Å²) in [5, 5.41) is 12.2. The lowest BCUT2D eigenvalue weighted by Crippen LogP contribution is -2.53. The SMILES string of the molecule is CC(C)(C)N(C(=O)O)C1=N[C@]2(c3cc(N)cs3)CCOC[C@H]2CS1. The van der Waals surface area contributed by atoms with Crippen molar-refractivity contribution >= 4 is 40.0 Å².